The first-order valence-corrected chi connectivity index (χ1v) is 14.9. The molecule has 2 aliphatic rings. The second-order valence-corrected chi connectivity index (χ2v) is 11.7. The predicted octanol–water partition coefficient (Wildman–Crippen LogP) is 7.18. The normalized spacial score (nSPS) is 18.3. The first-order valence-electron chi connectivity index (χ1n) is 14.1. The Labute approximate surface area is 256 Å². The molecule has 3 heterocycles. The summed E-state index contributed by atoms with van der Waals surface area (Å²) < 4.78 is 17.4. The number of methoxy groups -OCH3 is 1. The summed E-state index contributed by atoms with van der Waals surface area (Å²) in [6.07, 6.45) is 4.16. The molecule has 6 nitrogen and oxygen atoms in total. The third-order valence-electron chi connectivity index (χ3n) is 8.11. The number of rotatable bonds is 7. The van der Waals surface area contributed by atoms with E-state index in [0.717, 1.165) is 41.2 Å². The van der Waals surface area contributed by atoms with Crippen molar-refractivity contribution in [3.8, 4) is 11.5 Å². The van der Waals surface area contributed by atoms with Gasteiger partial charge in [-0.25, -0.2) is 0 Å². The molecule has 0 bridgehead atoms. The number of hydrogen-bond donors (Lipinski definition) is 0. The molecule has 42 heavy (non-hydrogen) atoms. The van der Waals surface area contributed by atoms with E-state index in [1.165, 1.54) is 23.8 Å². The van der Waals surface area contributed by atoms with Gasteiger partial charge in [0.15, 0.2) is 0 Å². The molecular formula is C34H32Cl2N2O4. The highest BCUT2D eigenvalue weighted by Gasteiger charge is 2.34. The Morgan fingerprint density at radius 3 is 2.60 bits per heavy atom. The van der Waals surface area contributed by atoms with Crippen LogP contribution in [0.5, 0.6) is 11.5 Å². The van der Waals surface area contributed by atoms with E-state index < -0.39 is 0 Å². The molecule has 6 rings (SSSR count). The Kier molecular flexibility index (Phi) is 8.66. The number of carbonyl (C=O) groups is 1. The highest BCUT2D eigenvalue weighted by Crippen LogP contribution is 2.37. The number of aromatic nitrogens is 1. The number of nitrogens with zero attached hydrogens (tertiary/aromatic N) is 2. The van der Waals surface area contributed by atoms with E-state index in [2.05, 4.69) is 34.1 Å². The van der Waals surface area contributed by atoms with E-state index in [-0.39, 0.29) is 12.0 Å². The van der Waals surface area contributed by atoms with Crippen molar-refractivity contribution in [2.24, 2.45) is 0 Å². The van der Waals surface area contributed by atoms with Gasteiger partial charge in [-0.2, -0.15) is 0 Å². The third-order valence-corrected chi connectivity index (χ3v) is 8.84. The second-order valence-electron chi connectivity index (χ2n) is 10.8. The number of esters is 1. The Bertz CT molecular complexity index is 1560. The minimum Gasteiger partial charge on any atom is -0.493 e. The van der Waals surface area contributed by atoms with E-state index in [4.69, 9.17) is 37.4 Å². The van der Waals surface area contributed by atoms with Gasteiger partial charge in [0.05, 0.1) is 29.5 Å². The number of fused-ring (bicyclic) bond motifs is 2. The zero-order valence-corrected chi connectivity index (χ0v) is 24.9. The molecule has 0 fully saturated rings. The van der Waals surface area contributed by atoms with E-state index in [1.807, 2.05) is 42.5 Å². The van der Waals surface area contributed by atoms with Gasteiger partial charge in [0.2, 0.25) is 0 Å². The molecule has 0 radical (unpaired) electrons. The van der Waals surface area contributed by atoms with Crippen LogP contribution in [0.15, 0.2) is 79.0 Å². The average molecular weight is 604 g/mol. The van der Waals surface area contributed by atoms with Gasteiger partial charge in [0, 0.05) is 19.3 Å². The number of halogens is 2. The van der Waals surface area contributed by atoms with Crippen LogP contribution in [0.3, 0.4) is 0 Å². The van der Waals surface area contributed by atoms with Gasteiger partial charge in [-0.1, -0.05) is 53.5 Å². The van der Waals surface area contributed by atoms with E-state index in [1.54, 1.807) is 12.3 Å². The van der Waals surface area contributed by atoms with Crippen LogP contribution >= 0.6 is 23.2 Å². The molecule has 8 heteroatoms. The summed E-state index contributed by atoms with van der Waals surface area (Å²) in [6.45, 7) is 2.28. The van der Waals surface area contributed by atoms with E-state index in [0.29, 0.717) is 48.7 Å². The Morgan fingerprint density at radius 1 is 0.976 bits per heavy atom. The fourth-order valence-electron chi connectivity index (χ4n) is 5.85. The fourth-order valence-corrected chi connectivity index (χ4v) is 6.17. The predicted molar refractivity (Wildman–Crippen MR) is 163 cm³/mol. The Balaban J connectivity index is 1.17. The average Bonchev–Trinajstić information content (AvgIpc) is 3.22. The van der Waals surface area contributed by atoms with Crippen molar-refractivity contribution in [1.29, 1.82) is 0 Å². The summed E-state index contributed by atoms with van der Waals surface area (Å²) in [5, 5.41) is 1.06. The van der Waals surface area contributed by atoms with Crippen molar-refractivity contribution in [1.82, 2.24) is 9.88 Å². The monoisotopic (exact) mass is 602 g/mol. The lowest BCUT2D eigenvalue weighted by Crippen LogP contribution is -2.45. The largest absolute Gasteiger partial charge is 0.493 e. The molecule has 4 aromatic rings. The minimum atomic E-state index is -0.363. The molecule has 0 spiro atoms. The molecule has 2 atom stereocenters. The lowest BCUT2D eigenvalue weighted by Gasteiger charge is -2.35. The molecule has 0 saturated heterocycles. The molecule has 216 valence electrons. The van der Waals surface area contributed by atoms with Gasteiger partial charge >= 0.3 is 5.97 Å². The first kappa shape index (κ1) is 28.5. The van der Waals surface area contributed by atoms with Crippen molar-refractivity contribution in [2.45, 2.75) is 50.9 Å². The maximum Gasteiger partial charge on any atom is 0.323 e. The van der Waals surface area contributed by atoms with Crippen molar-refractivity contribution >= 4 is 29.2 Å². The quantitative estimate of drug-likeness (QED) is 0.209. The molecule has 0 unspecified atom stereocenters. The first-order chi connectivity index (χ1) is 20.5. The molecular weight excluding hydrogens is 571 g/mol. The summed E-state index contributed by atoms with van der Waals surface area (Å²) in [4.78, 5) is 19.4. The van der Waals surface area contributed by atoms with Crippen LogP contribution in [0.25, 0.3) is 0 Å². The zero-order valence-electron chi connectivity index (χ0n) is 23.4. The van der Waals surface area contributed by atoms with Crippen LogP contribution in [0.1, 0.15) is 45.8 Å². The summed E-state index contributed by atoms with van der Waals surface area (Å²) >= 11 is 12.2. The summed E-state index contributed by atoms with van der Waals surface area (Å²) in [6, 6.07) is 23.8. The van der Waals surface area contributed by atoms with Gasteiger partial charge < -0.3 is 14.2 Å². The standard InChI is InChI=1S/C34H32Cl2N2O4/c1-40-34(39)32-17-25-18-33-26(16-27(25)19-38(32)20-28-4-2-3-12-37-28)15-24(11-13-41-33)23-6-8-29(9-7-23)42-21-22-5-10-30(35)31(36)14-22/h2-10,12,14,16,18,24,32H,11,13,15,17,19-21H2,1H3/t24-,32+/m1/s1. The van der Waals surface area contributed by atoms with Gasteiger partial charge in [-0.3, -0.25) is 14.7 Å². The van der Waals surface area contributed by atoms with Crippen LogP contribution in [0, 0.1) is 0 Å². The van der Waals surface area contributed by atoms with Crippen LogP contribution in [-0.2, 0) is 42.1 Å². The number of hydrogen-bond acceptors (Lipinski definition) is 6. The molecule has 0 aliphatic carbocycles. The molecule has 0 N–H and O–H groups in total. The van der Waals surface area contributed by atoms with Crippen LogP contribution < -0.4 is 9.47 Å². The van der Waals surface area contributed by atoms with E-state index in [9.17, 15) is 4.79 Å². The molecule has 2 aliphatic heterocycles. The van der Waals surface area contributed by atoms with Crippen molar-refractivity contribution < 1.29 is 19.0 Å². The van der Waals surface area contributed by atoms with Gasteiger partial charge in [-0.15, -0.1) is 0 Å². The zero-order chi connectivity index (χ0) is 29.1. The summed E-state index contributed by atoms with van der Waals surface area (Å²) in [7, 11) is 1.45. The lowest BCUT2D eigenvalue weighted by molar-refractivity contribution is -0.148. The topological polar surface area (TPSA) is 60.9 Å². The fraction of sp³-hybridized carbons (Fsp3) is 0.294. The lowest BCUT2D eigenvalue weighted by atomic mass is 9.86. The van der Waals surface area contributed by atoms with Crippen molar-refractivity contribution in [3.63, 3.8) is 0 Å². The summed E-state index contributed by atoms with van der Waals surface area (Å²) in [5.41, 5.74) is 6.71. The Morgan fingerprint density at radius 2 is 1.83 bits per heavy atom. The minimum absolute atomic E-state index is 0.225. The highest BCUT2D eigenvalue weighted by molar-refractivity contribution is 6.42. The van der Waals surface area contributed by atoms with Crippen molar-refractivity contribution in [3.05, 3.63) is 123 Å². The maximum absolute atomic E-state index is 12.7. The molecule has 1 aromatic heterocycles. The van der Waals surface area contributed by atoms with E-state index >= 15 is 0 Å². The van der Waals surface area contributed by atoms with Gasteiger partial charge in [0.25, 0.3) is 0 Å². The van der Waals surface area contributed by atoms with Crippen LogP contribution in [0.2, 0.25) is 10.0 Å². The Hall–Kier alpha value is -3.58. The third kappa shape index (κ3) is 6.41. The highest BCUT2D eigenvalue weighted by atomic mass is 35.5. The SMILES string of the molecule is COC(=O)[C@@H]1Cc2cc3c(cc2CN1Cc1ccccn1)C[C@H](c1ccc(OCc2ccc(Cl)c(Cl)c2)cc1)CCO3. The second kappa shape index (κ2) is 12.7. The smallest absolute Gasteiger partial charge is 0.323 e. The van der Waals surface area contributed by atoms with Crippen LogP contribution in [-0.4, -0.2) is 35.6 Å². The van der Waals surface area contributed by atoms with Crippen molar-refractivity contribution in [2.75, 3.05) is 13.7 Å². The molecule has 0 saturated carbocycles. The number of ether oxygens (including phenoxy) is 3. The molecule has 3 aromatic carbocycles. The van der Waals surface area contributed by atoms with Gasteiger partial charge in [-0.05, 0) is 95.5 Å². The molecule has 0 amide bonds. The van der Waals surface area contributed by atoms with Crippen LogP contribution in [0.4, 0.5) is 0 Å². The number of benzene rings is 3. The van der Waals surface area contributed by atoms with Gasteiger partial charge in [0.1, 0.15) is 24.1 Å². The maximum atomic E-state index is 12.7. The number of pyridine rings is 1. The summed E-state index contributed by atoms with van der Waals surface area (Å²) in [5.74, 6) is 1.82. The number of carbonyl (C=O) groups excluding carboxylic acids is 1.